The molecule has 2 N–H and O–H groups in total. The van der Waals surface area contributed by atoms with Gasteiger partial charge < -0.3 is 15.2 Å². The number of carbonyl (C=O) groups excluding carboxylic acids is 1. The minimum Gasteiger partial charge on any atom is -0.358 e. The minimum atomic E-state index is -0.0521. The molecule has 0 bridgehead atoms. The molecule has 1 aliphatic rings. The van der Waals surface area contributed by atoms with Gasteiger partial charge in [0, 0.05) is 34.4 Å². The number of carbonyl (C=O) groups is 1. The highest BCUT2D eigenvalue weighted by atomic mass is 16.1. The van der Waals surface area contributed by atoms with Gasteiger partial charge in [0.2, 0.25) is 0 Å². The number of aryl methyl sites for hydroxylation is 2. The third kappa shape index (κ3) is 3.91. The summed E-state index contributed by atoms with van der Waals surface area (Å²) < 4.78 is 0. The number of nitrogens with zero attached hydrogens (tertiary/aromatic N) is 1. The summed E-state index contributed by atoms with van der Waals surface area (Å²) in [6.45, 7) is 1.02. The zero-order valence-electron chi connectivity index (χ0n) is 16.1. The highest BCUT2D eigenvalue weighted by Gasteiger charge is 2.16. The van der Waals surface area contributed by atoms with Crippen LogP contribution in [-0.2, 0) is 19.3 Å². The number of anilines is 1. The van der Waals surface area contributed by atoms with Gasteiger partial charge in [-0.2, -0.15) is 0 Å². The number of rotatable bonds is 5. The Morgan fingerprint density at radius 3 is 2.63 bits per heavy atom. The Morgan fingerprint density at radius 2 is 1.85 bits per heavy atom. The number of fused-ring (bicyclic) bond motifs is 3. The molecule has 0 aliphatic heterocycles. The number of H-pyrrole nitrogens is 1. The predicted octanol–water partition coefficient (Wildman–Crippen LogP) is 4.40. The lowest BCUT2D eigenvalue weighted by molar-refractivity contribution is 0.102. The van der Waals surface area contributed by atoms with Gasteiger partial charge in [-0.1, -0.05) is 12.1 Å². The van der Waals surface area contributed by atoms with Gasteiger partial charge in [-0.05, 0) is 87.7 Å². The first-order valence-corrected chi connectivity index (χ1v) is 9.78. The Kier molecular flexibility index (Phi) is 4.99. The van der Waals surface area contributed by atoms with Crippen LogP contribution in [0.4, 0.5) is 5.69 Å². The largest absolute Gasteiger partial charge is 0.358 e. The van der Waals surface area contributed by atoms with Gasteiger partial charge in [0.25, 0.3) is 5.91 Å². The van der Waals surface area contributed by atoms with Crippen molar-refractivity contribution in [3.8, 4) is 0 Å². The van der Waals surface area contributed by atoms with Crippen LogP contribution in [0.2, 0.25) is 0 Å². The molecule has 0 unspecified atom stereocenters. The molecule has 1 aliphatic carbocycles. The van der Waals surface area contributed by atoms with Crippen LogP contribution >= 0.6 is 0 Å². The first-order valence-electron chi connectivity index (χ1n) is 9.78. The number of nitrogens with one attached hydrogen (secondary N) is 2. The van der Waals surface area contributed by atoms with Crippen LogP contribution in [0.1, 0.15) is 40.0 Å². The van der Waals surface area contributed by atoms with E-state index in [4.69, 9.17) is 0 Å². The molecule has 0 saturated carbocycles. The molecule has 1 aromatic heterocycles. The minimum absolute atomic E-state index is 0.0521. The van der Waals surface area contributed by atoms with Crippen LogP contribution in [0.5, 0.6) is 0 Å². The molecular formula is C23H27N3O. The number of benzene rings is 2. The van der Waals surface area contributed by atoms with E-state index in [1.165, 1.54) is 35.0 Å². The van der Waals surface area contributed by atoms with E-state index in [1.807, 2.05) is 30.3 Å². The molecule has 27 heavy (non-hydrogen) atoms. The third-order valence-electron chi connectivity index (χ3n) is 5.42. The molecular weight excluding hydrogens is 334 g/mol. The van der Waals surface area contributed by atoms with Gasteiger partial charge in [0.15, 0.2) is 0 Å². The molecule has 4 heteroatoms. The lowest BCUT2D eigenvalue weighted by atomic mass is 9.95. The summed E-state index contributed by atoms with van der Waals surface area (Å²) in [5, 5.41) is 4.23. The first kappa shape index (κ1) is 17.8. The summed E-state index contributed by atoms with van der Waals surface area (Å²) in [7, 11) is 4.15. The lowest BCUT2D eigenvalue weighted by Crippen LogP contribution is -2.15. The van der Waals surface area contributed by atoms with Gasteiger partial charge in [-0.25, -0.2) is 0 Å². The van der Waals surface area contributed by atoms with Gasteiger partial charge >= 0.3 is 0 Å². The van der Waals surface area contributed by atoms with E-state index in [2.05, 4.69) is 41.4 Å². The van der Waals surface area contributed by atoms with Crippen LogP contribution in [-0.4, -0.2) is 36.4 Å². The molecule has 0 spiro atoms. The third-order valence-corrected chi connectivity index (χ3v) is 5.42. The maximum atomic E-state index is 12.7. The van der Waals surface area contributed by atoms with Crippen LogP contribution in [0.25, 0.3) is 10.9 Å². The zero-order valence-corrected chi connectivity index (χ0v) is 16.1. The standard InChI is InChI=1S/C23H27N3O/c1-26(2)14-13-16-7-10-18(11-8-16)24-23(27)17-9-12-22-20(15-17)19-5-3-4-6-21(19)25-22/h7-12,15,25H,3-6,13-14H2,1-2H3,(H,24,27). The molecule has 1 amide bonds. The molecule has 1 heterocycles. The van der Waals surface area contributed by atoms with E-state index < -0.39 is 0 Å². The van der Waals surface area contributed by atoms with Crippen molar-refractivity contribution in [3.05, 3.63) is 64.8 Å². The molecule has 0 atom stereocenters. The highest BCUT2D eigenvalue weighted by Crippen LogP contribution is 2.29. The molecule has 4 rings (SSSR count). The van der Waals surface area contributed by atoms with Crippen LogP contribution in [0.3, 0.4) is 0 Å². The van der Waals surface area contributed by atoms with Crippen molar-refractivity contribution >= 4 is 22.5 Å². The summed E-state index contributed by atoms with van der Waals surface area (Å²) in [4.78, 5) is 18.4. The van der Waals surface area contributed by atoms with Crippen molar-refractivity contribution in [1.82, 2.24) is 9.88 Å². The summed E-state index contributed by atoms with van der Waals surface area (Å²) in [6, 6.07) is 14.1. The SMILES string of the molecule is CN(C)CCc1ccc(NC(=O)c2ccc3[nH]c4c(c3c2)CCCC4)cc1. The van der Waals surface area contributed by atoms with Crippen molar-refractivity contribution in [2.75, 3.05) is 26.0 Å². The smallest absolute Gasteiger partial charge is 0.255 e. The second-order valence-electron chi connectivity index (χ2n) is 7.75. The van der Waals surface area contributed by atoms with E-state index in [0.29, 0.717) is 5.56 Å². The number of aromatic amines is 1. The van der Waals surface area contributed by atoms with Gasteiger partial charge in [0.05, 0.1) is 0 Å². The Morgan fingerprint density at radius 1 is 1.07 bits per heavy atom. The predicted molar refractivity (Wildman–Crippen MR) is 112 cm³/mol. The number of likely N-dealkylation sites (N-methyl/N-ethyl adjacent to an activating group) is 1. The fraction of sp³-hybridized carbons (Fsp3) is 0.348. The highest BCUT2D eigenvalue weighted by molar-refractivity contribution is 6.06. The number of hydrogen-bond donors (Lipinski definition) is 2. The molecule has 140 valence electrons. The second-order valence-corrected chi connectivity index (χ2v) is 7.75. The average molecular weight is 361 g/mol. The summed E-state index contributed by atoms with van der Waals surface area (Å²) in [6.07, 6.45) is 5.71. The lowest BCUT2D eigenvalue weighted by Gasteiger charge is -2.11. The van der Waals surface area contributed by atoms with Crippen molar-refractivity contribution < 1.29 is 4.79 Å². The van der Waals surface area contributed by atoms with Crippen molar-refractivity contribution in [2.24, 2.45) is 0 Å². The van der Waals surface area contributed by atoms with E-state index in [1.54, 1.807) is 0 Å². The normalized spacial score (nSPS) is 13.7. The number of amides is 1. The zero-order chi connectivity index (χ0) is 18.8. The Bertz CT molecular complexity index is 954. The van der Waals surface area contributed by atoms with Crippen LogP contribution < -0.4 is 5.32 Å². The van der Waals surface area contributed by atoms with Crippen LogP contribution in [0.15, 0.2) is 42.5 Å². The number of aromatic nitrogens is 1. The fourth-order valence-corrected chi connectivity index (χ4v) is 3.86. The topological polar surface area (TPSA) is 48.1 Å². The molecule has 0 fully saturated rings. The second kappa shape index (κ2) is 7.57. The first-order chi connectivity index (χ1) is 13.1. The molecule has 2 aromatic carbocycles. The van der Waals surface area contributed by atoms with Crippen molar-refractivity contribution in [2.45, 2.75) is 32.1 Å². The van der Waals surface area contributed by atoms with Gasteiger partial charge in [0.1, 0.15) is 0 Å². The average Bonchev–Trinajstić information content (AvgIpc) is 3.05. The number of hydrogen-bond acceptors (Lipinski definition) is 2. The monoisotopic (exact) mass is 361 g/mol. The molecule has 4 nitrogen and oxygen atoms in total. The van der Waals surface area contributed by atoms with Gasteiger partial charge in [-0.3, -0.25) is 4.79 Å². The maximum absolute atomic E-state index is 12.7. The van der Waals surface area contributed by atoms with E-state index in [0.717, 1.165) is 37.0 Å². The fourth-order valence-electron chi connectivity index (χ4n) is 3.86. The molecule has 0 radical (unpaired) electrons. The van der Waals surface area contributed by atoms with Crippen molar-refractivity contribution in [3.63, 3.8) is 0 Å². The van der Waals surface area contributed by atoms with E-state index in [-0.39, 0.29) is 5.91 Å². The van der Waals surface area contributed by atoms with Crippen molar-refractivity contribution in [1.29, 1.82) is 0 Å². The quantitative estimate of drug-likeness (QED) is 0.707. The van der Waals surface area contributed by atoms with Crippen LogP contribution in [0, 0.1) is 0 Å². The summed E-state index contributed by atoms with van der Waals surface area (Å²) in [5.41, 5.74) is 6.72. The van der Waals surface area contributed by atoms with Gasteiger partial charge in [-0.15, -0.1) is 0 Å². The maximum Gasteiger partial charge on any atom is 0.255 e. The summed E-state index contributed by atoms with van der Waals surface area (Å²) >= 11 is 0. The Hall–Kier alpha value is -2.59. The van der Waals surface area contributed by atoms with E-state index in [9.17, 15) is 4.79 Å². The molecule has 0 saturated heterocycles. The Labute approximate surface area is 160 Å². The van der Waals surface area contributed by atoms with E-state index >= 15 is 0 Å². The molecule has 3 aromatic rings. The Balaban J connectivity index is 1.49. The summed E-state index contributed by atoms with van der Waals surface area (Å²) in [5.74, 6) is -0.0521.